The largest absolute Gasteiger partial charge is 0.471 e. The number of pyridine rings is 1. The molecule has 1 aliphatic rings. The molecule has 1 fully saturated rings. The topological polar surface area (TPSA) is 85.6 Å². The van der Waals surface area contributed by atoms with Gasteiger partial charge in [-0.05, 0) is 11.6 Å². The lowest BCUT2D eigenvalue weighted by atomic mass is 10.1. The Morgan fingerprint density at radius 2 is 1.93 bits per heavy atom. The van der Waals surface area contributed by atoms with E-state index in [9.17, 15) is 28.1 Å². The molecule has 2 heterocycles. The molecule has 7 nitrogen and oxygen atoms in total. The molecular weight excluding hydrogens is 367 g/mol. The average molecular weight is 381 g/mol. The number of carbonyl (C=O) groups is 1. The normalized spacial score (nSPS) is 14.6. The highest BCUT2D eigenvalue weighted by Crippen LogP contribution is 2.31. The van der Waals surface area contributed by atoms with Crippen LogP contribution in [-0.4, -0.2) is 39.9 Å². The molecule has 0 aliphatic carbocycles. The maximum absolute atomic E-state index is 12.7. The highest BCUT2D eigenvalue weighted by molar-refractivity contribution is 5.79. The molecule has 0 bridgehead atoms. The molecule has 0 N–H and O–H groups in total. The Hall–Kier alpha value is -3.17. The third-order valence-corrected chi connectivity index (χ3v) is 4.05. The number of non-ortho nitro benzene ring substituents is 1. The van der Waals surface area contributed by atoms with E-state index >= 15 is 0 Å². The van der Waals surface area contributed by atoms with E-state index in [1.807, 2.05) is 0 Å². The molecule has 0 spiro atoms. The van der Waals surface area contributed by atoms with Crippen LogP contribution in [0.5, 0.6) is 5.88 Å². The van der Waals surface area contributed by atoms with E-state index in [4.69, 9.17) is 4.74 Å². The van der Waals surface area contributed by atoms with Gasteiger partial charge in [0.2, 0.25) is 11.8 Å². The number of hydrogen-bond acceptors (Lipinski definition) is 5. The summed E-state index contributed by atoms with van der Waals surface area (Å²) in [6, 6.07) is 7.34. The standard InChI is InChI=1S/C17H14F3N3O4/c18-17(19,20)12-5-6-21-15(8-12)27-14-9-22(10-14)16(24)7-11-1-3-13(4-2-11)23(25)26/h1-6,8,14H,7,9-10H2. The second-order valence-corrected chi connectivity index (χ2v) is 6.02. The van der Waals surface area contributed by atoms with Gasteiger partial charge >= 0.3 is 6.18 Å². The van der Waals surface area contributed by atoms with Crippen molar-refractivity contribution in [1.29, 1.82) is 0 Å². The van der Waals surface area contributed by atoms with Crippen molar-refractivity contribution in [3.8, 4) is 5.88 Å². The smallest absolute Gasteiger partial charge is 0.416 e. The fraction of sp³-hybridized carbons (Fsp3) is 0.294. The van der Waals surface area contributed by atoms with Crippen molar-refractivity contribution >= 4 is 11.6 Å². The molecule has 1 aromatic carbocycles. The third kappa shape index (κ3) is 4.52. The van der Waals surface area contributed by atoms with Crippen molar-refractivity contribution in [2.45, 2.75) is 18.7 Å². The maximum atomic E-state index is 12.7. The third-order valence-electron chi connectivity index (χ3n) is 4.05. The summed E-state index contributed by atoms with van der Waals surface area (Å²) in [6.45, 7) is 0.480. The Morgan fingerprint density at radius 3 is 2.52 bits per heavy atom. The van der Waals surface area contributed by atoms with Crippen molar-refractivity contribution in [3.05, 3.63) is 63.8 Å². The number of nitro benzene ring substituents is 1. The predicted octanol–water partition coefficient (Wildman–Crippen LogP) is 2.84. The summed E-state index contributed by atoms with van der Waals surface area (Å²) in [6.07, 6.45) is -3.81. The minimum absolute atomic E-state index is 0.0581. The lowest BCUT2D eigenvalue weighted by Crippen LogP contribution is -2.56. The second-order valence-electron chi connectivity index (χ2n) is 6.02. The molecule has 1 saturated heterocycles. The Balaban J connectivity index is 1.50. The van der Waals surface area contributed by atoms with Gasteiger partial charge in [-0.15, -0.1) is 0 Å². The number of halogens is 3. The number of rotatable bonds is 5. The molecule has 10 heteroatoms. The molecule has 1 amide bonds. The summed E-state index contributed by atoms with van der Waals surface area (Å²) in [5.41, 5.74) is -0.273. The van der Waals surface area contributed by atoms with Crippen LogP contribution in [0.4, 0.5) is 18.9 Å². The summed E-state index contributed by atoms with van der Waals surface area (Å²) < 4.78 is 43.4. The van der Waals surface area contributed by atoms with Crippen molar-refractivity contribution in [1.82, 2.24) is 9.88 Å². The molecule has 3 rings (SSSR count). The minimum Gasteiger partial charge on any atom is -0.471 e. The molecule has 27 heavy (non-hydrogen) atoms. The summed E-state index contributed by atoms with van der Waals surface area (Å²) in [5, 5.41) is 10.6. The summed E-state index contributed by atoms with van der Waals surface area (Å²) in [4.78, 5) is 27.5. The first-order valence-corrected chi connectivity index (χ1v) is 7.93. The quantitative estimate of drug-likeness (QED) is 0.587. The lowest BCUT2D eigenvalue weighted by molar-refractivity contribution is -0.384. The Kier molecular flexibility index (Phi) is 4.98. The fourth-order valence-electron chi connectivity index (χ4n) is 2.56. The van der Waals surface area contributed by atoms with E-state index in [1.54, 1.807) is 0 Å². The zero-order chi connectivity index (χ0) is 19.6. The molecule has 2 aromatic rings. The van der Waals surface area contributed by atoms with E-state index in [1.165, 1.54) is 29.2 Å². The van der Waals surface area contributed by atoms with Crippen LogP contribution in [0.1, 0.15) is 11.1 Å². The van der Waals surface area contributed by atoms with E-state index in [2.05, 4.69) is 4.98 Å². The van der Waals surface area contributed by atoms with Crippen molar-refractivity contribution in [2.24, 2.45) is 0 Å². The lowest BCUT2D eigenvalue weighted by Gasteiger charge is -2.38. The number of carbonyl (C=O) groups excluding carboxylic acids is 1. The van der Waals surface area contributed by atoms with E-state index in [-0.39, 0.29) is 37.0 Å². The summed E-state index contributed by atoms with van der Waals surface area (Å²) in [7, 11) is 0. The first kappa shape index (κ1) is 18.6. The molecule has 0 atom stereocenters. The van der Waals surface area contributed by atoms with Gasteiger partial charge < -0.3 is 9.64 Å². The van der Waals surface area contributed by atoms with Crippen LogP contribution in [0.15, 0.2) is 42.6 Å². The van der Waals surface area contributed by atoms with Gasteiger partial charge in [-0.2, -0.15) is 13.2 Å². The Morgan fingerprint density at radius 1 is 1.26 bits per heavy atom. The van der Waals surface area contributed by atoms with Crippen molar-refractivity contribution < 1.29 is 27.6 Å². The number of hydrogen-bond donors (Lipinski definition) is 0. The number of ether oxygens (including phenoxy) is 1. The summed E-state index contributed by atoms with van der Waals surface area (Å²) >= 11 is 0. The van der Waals surface area contributed by atoms with E-state index in [0.717, 1.165) is 18.3 Å². The van der Waals surface area contributed by atoms with Crippen LogP contribution >= 0.6 is 0 Å². The zero-order valence-electron chi connectivity index (χ0n) is 13.8. The minimum atomic E-state index is -4.48. The Bertz CT molecular complexity index is 849. The predicted molar refractivity (Wildman–Crippen MR) is 87.0 cm³/mol. The van der Waals surface area contributed by atoms with Crippen molar-refractivity contribution in [2.75, 3.05) is 13.1 Å². The second kappa shape index (κ2) is 7.22. The van der Waals surface area contributed by atoms with Gasteiger partial charge in [0.05, 0.1) is 30.0 Å². The maximum Gasteiger partial charge on any atom is 0.416 e. The van der Waals surface area contributed by atoms with Gasteiger partial charge in [0.25, 0.3) is 5.69 Å². The first-order chi connectivity index (χ1) is 12.7. The zero-order valence-corrected chi connectivity index (χ0v) is 13.8. The number of alkyl halides is 3. The van der Waals surface area contributed by atoms with Crippen LogP contribution in [0.2, 0.25) is 0 Å². The SMILES string of the molecule is O=C(Cc1ccc([N+](=O)[O-])cc1)N1CC(Oc2cc(C(F)(F)F)ccn2)C1. The highest BCUT2D eigenvalue weighted by Gasteiger charge is 2.34. The van der Waals surface area contributed by atoms with Gasteiger partial charge in [0.1, 0.15) is 6.10 Å². The van der Waals surface area contributed by atoms with E-state index in [0.29, 0.717) is 5.56 Å². The fourth-order valence-corrected chi connectivity index (χ4v) is 2.56. The van der Waals surface area contributed by atoms with Gasteiger partial charge in [-0.3, -0.25) is 14.9 Å². The molecule has 0 saturated carbocycles. The number of nitrogens with zero attached hydrogens (tertiary/aromatic N) is 3. The molecule has 0 radical (unpaired) electrons. The van der Waals surface area contributed by atoms with Crippen molar-refractivity contribution in [3.63, 3.8) is 0 Å². The molecular formula is C17H14F3N3O4. The number of amides is 1. The van der Waals surface area contributed by atoms with Crippen LogP contribution < -0.4 is 4.74 Å². The van der Waals surface area contributed by atoms with E-state index < -0.39 is 22.8 Å². The van der Waals surface area contributed by atoms with Crippen LogP contribution in [0, 0.1) is 10.1 Å². The van der Waals surface area contributed by atoms with Crippen LogP contribution in [0.3, 0.4) is 0 Å². The van der Waals surface area contributed by atoms with Gasteiger partial charge in [0, 0.05) is 24.4 Å². The van der Waals surface area contributed by atoms with Crippen LogP contribution in [-0.2, 0) is 17.4 Å². The number of benzene rings is 1. The van der Waals surface area contributed by atoms with Gasteiger partial charge in [0.15, 0.2) is 0 Å². The summed E-state index contributed by atoms with van der Waals surface area (Å²) in [5.74, 6) is -0.335. The molecule has 1 aliphatic heterocycles. The number of likely N-dealkylation sites (tertiary alicyclic amines) is 1. The van der Waals surface area contributed by atoms with Gasteiger partial charge in [-0.1, -0.05) is 12.1 Å². The molecule has 0 unspecified atom stereocenters. The Labute approximate surface area is 151 Å². The molecule has 142 valence electrons. The average Bonchev–Trinajstić information content (AvgIpc) is 2.57. The number of nitro groups is 1. The first-order valence-electron chi connectivity index (χ1n) is 7.93. The van der Waals surface area contributed by atoms with Gasteiger partial charge in [-0.25, -0.2) is 4.98 Å². The monoisotopic (exact) mass is 381 g/mol. The molecule has 1 aromatic heterocycles. The number of aromatic nitrogens is 1. The van der Waals surface area contributed by atoms with Crippen LogP contribution in [0.25, 0.3) is 0 Å². The highest BCUT2D eigenvalue weighted by atomic mass is 19.4.